The molecule has 0 aliphatic carbocycles. The van der Waals surface area contributed by atoms with Gasteiger partial charge in [-0.2, -0.15) is 0 Å². The highest BCUT2D eigenvalue weighted by Gasteiger charge is 2.16. The van der Waals surface area contributed by atoms with Crippen LogP contribution in [0.2, 0.25) is 0 Å². The summed E-state index contributed by atoms with van der Waals surface area (Å²) in [5.41, 5.74) is 9.91. The van der Waals surface area contributed by atoms with E-state index in [0.717, 1.165) is 0 Å². The molecule has 10 aromatic rings. The first kappa shape index (κ1) is 28.5. The quantitative estimate of drug-likeness (QED) is 0.169. The first-order chi connectivity index (χ1) is 24.8. The van der Waals surface area contributed by atoms with Crippen molar-refractivity contribution in [3.63, 3.8) is 0 Å². The fraction of sp³-hybridized carbons (Fsp3) is 0. The van der Waals surface area contributed by atoms with Crippen molar-refractivity contribution in [2.24, 2.45) is 0 Å². The van der Waals surface area contributed by atoms with Crippen molar-refractivity contribution in [2.45, 2.75) is 0 Å². The minimum atomic E-state index is 1.22. The molecule has 232 valence electrons. The molecule has 50 heavy (non-hydrogen) atoms. The van der Waals surface area contributed by atoms with E-state index in [9.17, 15) is 0 Å². The first-order valence-electron chi connectivity index (χ1n) is 17.3. The summed E-state index contributed by atoms with van der Waals surface area (Å²) in [6.07, 6.45) is 0. The standard InChI is InChI=1S/C50H32/c1-3-13-33(14-4-1)46-28-35-17-7-8-18-36(35)29-49(46)39-24-26-45-42-25-23-38(27-40(42)32-47(50(45)31-39)34-15-5-2-6-16-34)48-30-37-19-9-10-20-41(37)43-21-11-12-22-44(43)48/h1-32H. The fourth-order valence-electron chi connectivity index (χ4n) is 7.98. The molecule has 0 N–H and O–H groups in total. The maximum absolute atomic E-state index is 2.42. The van der Waals surface area contributed by atoms with Gasteiger partial charge in [-0.1, -0.05) is 158 Å². The van der Waals surface area contributed by atoms with Crippen LogP contribution in [0.4, 0.5) is 0 Å². The van der Waals surface area contributed by atoms with Crippen LogP contribution in [0.3, 0.4) is 0 Å². The summed E-state index contributed by atoms with van der Waals surface area (Å²) < 4.78 is 0. The molecule has 0 saturated heterocycles. The van der Waals surface area contributed by atoms with Gasteiger partial charge in [0.15, 0.2) is 0 Å². The lowest BCUT2D eigenvalue weighted by atomic mass is 9.87. The van der Waals surface area contributed by atoms with Crippen LogP contribution in [-0.4, -0.2) is 0 Å². The molecule has 10 aromatic carbocycles. The second-order valence-electron chi connectivity index (χ2n) is 13.3. The van der Waals surface area contributed by atoms with E-state index in [2.05, 4.69) is 194 Å². The minimum absolute atomic E-state index is 1.22. The van der Waals surface area contributed by atoms with Crippen LogP contribution in [0, 0.1) is 0 Å². The van der Waals surface area contributed by atoms with Gasteiger partial charge in [0.2, 0.25) is 0 Å². The Morgan fingerprint density at radius 1 is 0.180 bits per heavy atom. The fourth-order valence-corrected chi connectivity index (χ4v) is 7.98. The van der Waals surface area contributed by atoms with Crippen molar-refractivity contribution in [3.8, 4) is 44.5 Å². The van der Waals surface area contributed by atoms with Crippen LogP contribution in [0.25, 0.3) is 98.4 Å². The molecule has 0 aliphatic rings. The zero-order valence-corrected chi connectivity index (χ0v) is 27.5. The highest BCUT2D eigenvalue weighted by atomic mass is 14.2. The number of rotatable bonds is 4. The Balaban J connectivity index is 1.22. The van der Waals surface area contributed by atoms with E-state index in [0.29, 0.717) is 0 Å². The summed E-state index contributed by atoms with van der Waals surface area (Å²) in [4.78, 5) is 0. The molecular weight excluding hydrogens is 601 g/mol. The Bertz CT molecular complexity index is 2900. The van der Waals surface area contributed by atoms with E-state index in [1.54, 1.807) is 0 Å². The van der Waals surface area contributed by atoms with Gasteiger partial charge in [0.25, 0.3) is 0 Å². The van der Waals surface area contributed by atoms with Crippen LogP contribution in [0.15, 0.2) is 194 Å². The smallest absolute Gasteiger partial charge is 0.00928 e. The second kappa shape index (κ2) is 11.6. The Labute approximate surface area is 291 Å². The lowest BCUT2D eigenvalue weighted by molar-refractivity contribution is 1.61. The minimum Gasteiger partial charge on any atom is -0.0622 e. The van der Waals surface area contributed by atoms with E-state index in [-0.39, 0.29) is 0 Å². The van der Waals surface area contributed by atoms with Crippen molar-refractivity contribution >= 4 is 53.9 Å². The number of hydrogen-bond donors (Lipinski definition) is 0. The third-order valence-corrected chi connectivity index (χ3v) is 10.4. The molecule has 0 saturated carbocycles. The topological polar surface area (TPSA) is 0 Å². The summed E-state index contributed by atoms with van der Waals surface area (Å²) in [7, 11) is 0. The van der Waals surface area contributed by atoms with E-state index in [1.807, 2.05) is 0 Å². The van der Waals surface area contributed by atoms with Gasteiger partial charge in [0, 0.05) is 0 Å². The van der Waals surface area contributed by atoms with E-state index >= 15 is 0 Å². The maximum atomic E-state index is 2.42. The molecule has 0 spiro atoms. The first-order valence-corrected chi connectivity index (χ1v) is 17.3. The van der Waals surface area contributed by atoms with Crippen LogP contribution in [0.1, 0.15) is 0 Å². The average Bonchev–Trinajstić information content (AvgIpc) is 3.20. The third-order valence-electron chi connectivity index (χ3n) is 10.4. The van der Waals surface area contributed by atoms with E-state index in [1.165, 1.54) is 98.4 Å². The monoisotopic (exact) mass is 632 g/mol. The molecule has 0 heterocycles. The van der Waals surface area contributed by atoms with Gasteiger partial charge in [0.05, 0.1) is 0 Å². The normalized spacial score (nSPS) is 11.6. The Morgan fingerprint density at radius 2 is 0.600 bits per heavy atom. The second-order valence-corrected chi connectivity index (χ2v) is 13.3. The Hall–Kier alpha value is -6.50. The lowest BCUT2D eigenvalue weighted by Gasteiger charge is -2.17. The van der Waals surface area contributed by atoms with Crippen LogP contribution in [0.5, 0.6) is 0 Å². The van der Waals surface area contributed by atoms with Gasteiger partial charge in [-0.15, -0.1) is 0 Å². The zero-order valence-electron chi connectivity index (χ0n) is 27.5. The van der Waals surface area contributed by atoms with Crippen LogP contribution in [-0.2, 0) is 0 Å². The SMILES string of the molecule is c1ccc(-c2cc3ccccc3cc2-c2ccc3c(c2)c(-c2ccccc2)cc2cc(-c4cc5ccccc5c5ccccc45)ccc23)cc1. The van der Waals surface area contributed by atoms with Crippen molar-refractivity contribution in [3.05, 3.63) is 194 Å². The summed E-state index contributed by atoms with van der Waals surface area (Å²) in [5.74, 6) is 0. The van der Waals surface area contributed by atoms with Crippen molar-refractivity contribution in [1.29, 1.82) is 0 Å². The summed E-state index contributed by atoms with van der Waals surface area (Å²) in [5, 5.41) is 12.7. The van der Waals surface area contributed by atoms with Crippen LogP contribution >= 0.6 is 0 Å². The predicted molar refractivity (Wildman–Crippen MR) is 216 cm³/mol. The third kappa shape index (κ3) is 4.69. The summed E-state index contributed by atoms with van der Waals surface area (Å²) >= 11 is 0. The summed E-state index contributed by atoms with van der Waals surface area (Å²) in [6.45, 7) is 0. The van der Waals surface area contributed by atoms with Crippen molar-refractivity contribution < 1.29 is 0 Å². The highest BCUT2D eigenvalue weighted by molar-refractivity contribution is 6.18. The number of benzene rings is 10. The van der Waals surface area contributed by atoms with Gasteiger partial charge in [0.1, 0.15) is 0 Å². The van der Waals surface area contributed by atoms with Crippen molar-refractivity contribution in [1.82, 2.24) is 0 Å². The molecule has 0 unspecified atom stereocenters. The predicted octanol–water partition coefficient (Wildman–Crippen LogP) is 14.1. The molecule has 0 radical (unpaired) electrons. The lowest BCUT2D eigenvalue weighted by Crippen LogP contribution is -1.90. The molecule has 0 nitrogen and oxygen atoms in total. The van der Waals surface area contributed by atoms with Crippen LogP contribution < -0.4 is 0 Å². The van der Waals surface area contributed by atoms with Gasteiger partial charge < -0.3 is 0 Å². The molecule has 0 amide bonds. The highest BCUT2D eigenvalue weighted by Crippen LogP contribution is 2.43. The van der Waals surface area contributed by atoms with Crippen molar-refractivity contribution in [2.75, 3.05) is 0 Å². The van der Waals surface area contributed by atoms with E-state index < -0.39 is 0 Å². The molecule has 0 atom stereocenters. The molecular formula is C50H32. The van der Waals surface area contributed by atoms with E-state index in [4.69, 9.17) is 0 Å². The molecule has 0 aromatic heterocycles. The zero-order chi connectivity index (χ0) is 33.0. The van der Waals surface area contributed by atoms with Gasteiger partial charge in [-0.25, -0.2) is 0 Å². The Morgan fingerprint density at radius 3 is 1.30 bits per heavy atom. The maximum Gasteiger partial charge on any atom is -0.00928 e. The molecule has 0 aliphatic heterocycles. The number of fused-ring (bicyclic) bond motifs is 7. The Kier molecular flexibility index (Phi) is 6.60. The van der Waals surface area contributed by atoms with Gasteiger partial charge >= 0.3 is 0 Å². The molecule has 0 fully saturated rings. The number of hydrogen-bond acceptors (Lipinski definition) is 0. The molecule has 0 bridgehead atoms. The molecule has 0 heteroatoms. The summed E-state index contributed by atoms with van der Waals surface area (Å²) in [6, 6.07) is 71.4. The van der Waals surface area contributed by atoms with Gasteiger partial charge in [-0.05, 0) is 135 Å². The average molecular weight is 633 g/mol. The van der Waals surface area contributed by atoms with Gasteiger partial charge in [-0.3, -0.25) is 0 Å². The largest absolute Gasteiger partial charge is 0.0622 e. The molecule has 10 rings (SSSR count).